The first-order valence-electron chi connectivity index (χ1n) is 5.42. The van der Waals surface area contributed by atoms with E-state index in [1.54, 1.807) is 0 Å². The van der Waals surface area contributed by atoms with E-state index in [4.69, 9.17) is 16.9 Å². The number of nitro benzene ring substituents is 1. The Labute approximate surface area is 118 Å². The third-order valence-electron chi connectivity index (χ3n) is 2.52. The van der Waals surface area contributed by atoms with Crippen LogP contribution in [0, 0.1) is 27.3 Å². The van der Waals surface area contributed by atoms with Gasteiger partial charge in [-0.25, -0.2) is 4.39 Å². The van der Waals surface area contributed by atoms with E-state index in [0.29, 0.717) is 5.69 Å². The van der Waals surface area contributed by atoms with Crippen molar-refractivity contribution in [2.75, 3.05) is 5.32 Å². The van der Waals surface area contributed by atoms with Crippen LogP contribution in [0.1, 0.15) is 5.56 Å². The van der Waals surface area contributed by atoms with Crippen molar-refractivity contribution in [1.29, 1.82) is 5.26 Å². The van der Waals surface area contributed by atoms with Gasteiger partial charge in [0, 0.05) is 11.8 Å². The molecule has 0 spiro atoms. The zero-order chi connectivity index (χ0) is 14.7. The van der Waals surface area contributed by atoms with Crippen LogP contribution in [-0.2, 0) is 0 Å². The van der Waals surface area contributed by atoms with E-state index in [1.807, 2.05) is 6.07 Å². The Hall–Kier alpha value is -2.65. The number of anilines is 2. The van der Waals surface area contributed by atoms with Gasteiger partial charge in [-0.05, 0) is 30.3 Å². The van der Waals surface area contributed by atoms with Crippen LogP contribution >= 0.6 is 11.6 Å². The highest BCUT2D eigenvalue weighted by atomic mass is 35.5. The molecular formula is C13H7ClFN3O2. The fraction of sp³-hybridized carbons (Fsp3) is 0. The average molecular weight is 292 g/mol. The first-order valence-corrected chi connectivity index (χ1v) is 5.79. The Morgan fingerprint density at radius 1 is 1.30 bits per heavy atom. The maximum Gasteiger partial charge on any atom is 0.292 e. The van der Waals surface area contributed by atoms with E-state index in [2.05, 4.69) is 5.32 Å². The number of hydrogen-bond acceptors (Lipinski definition) is 4. The molecule has 2 rings (SSSR count). The van der Waals surface area contributed by atoms with E-state index in [1.165, 1.54) is 30.3 Å². The Morgan fingerprint density at radius 2 is 2.05 bits per heavy atom. The maximum absolute atomic E-state index is 13.1. The summed E-state index contributed by atoms with van der Waals surface area (Å²) in [5, 5.41) is 22.4. The van der Waals surface area contributed by atoms with Crippen LogP contribution in [0.3, 0.4) is 0 Å². The van der Waals surface area contributed by atoms with Gasteiger partial charge in [0.15, 0.2) is 0 Å². The highest BCUT2D eigenvalue weighted by Crippen LogP contribution is 2.30. The zero-order valence-electron chi connectivity index (χ0n) is 9.93. The number of hydrogen-bond donors (Lipinski definition) is 1. The summed E-state index contributed by atoms with van der Waals surface area (Å²) in [4.78, 5) is 10.4. The van der Waals surface area contributed by atoms with E-state index in [0.717, 1.165) is 6.07 Å². The molecule has 5 nitrogen and oxygen atoms in total. The number of nitro groups is 1. The summed E-state index contributed by atoms with van der Waals surface area (Å²) < 4.78 is 13.1. The van der Waals surface area contributed by atoms with Crippen molar-refractivity contribution in [1.82, 2.24) is 0 Å². The van der Waals surface area contributed by atoms with Gasteiger partial charge in [0.2, 0.25) is 0 Å². The third kappa shape index (κ3) is 2.84. The van der Waals surface area contributed by atoms with Gasteiger partial charge < -0.3 is 5.32 Å². The minimum Gasteiger partial charge on any atom is -0.350 e. The minimum atomic E-state index is -0.586. The van der Waals surface area contributed by atoms with E-state index < -0.39 is 10.7 Å². The van der Waals surface area contributed by atoms with Gasteiger partial charge in [-0.3, -0.25) is 10.1 Å². The highest BCUT2D eigenvalue weighted by Gasteiger charge is 2.14. The van der Waals surface area contributed by atoms with Crippen LogP contribution in [0.2, 0.25) is 5.02 Å². The molecule has 0 saturated heterocycles. The van der Waals surface area contributed by atoms with Crippen molar-refractivity contribution in [3.8, 4) is 6.07 Å². The Kier molecular flexibility index (Phi) is 3.82. The van der Waals surface area contributed by atoms with Gasteiger partial charge in [-0.2, -0.15) is 5.26 Å². The normalized spacial score (nSPS) is 9.85. The summed E-state index contributed by atoms with van der Waals surface area (Å²) in [7, 11) is 0. The number of nitrogens with zero attached hydrogens (tertiary/aromatic N) is 2. The van der Waals surface area contributed by atoms with Crippen molar-refractivity contribution < 1.29 is 9.31 Å². The molecule has 0 aliphatic heterocycles. The first kappa shape index (κ1) is 13.8. The second-order valence-corrected chi connectivity index (χ2v) is 4.26. The first-order chi connectivity index (χ1) is 9.51. The van der Waals surface area contributed by atoms with Gasteiger partial charge in [0.05, 0.1) is 21.6 Å². The molecule has 0 unspecified atom stereocenters. The van der Waals surface area contributed by atoms with Gasteiger partial charge in [-0.1, -0.05) is 11.6 Å². The largest absolute Gasteiger partial charge is 0.350 e. The second kappa shape index (κ2) is 5.55. The standard InChI is InChI=1S/C13H7ClFN3O2/c14-10-6-9(2-3-11(10)15)17-12-5-8(7-16)1-4-13(12)18(19)20/h1-6,17H. The fourth-order valence-corrected chi connectivity index (χ4v) is 1.77. The predicted octanol–water partition coefficient (Wildman–Crippen LogP) is 4.00. The molecule has 100 valence electrons. The van der Waals surface area contributed by atoms with Crippen molar-refractivity contribution in [2.45, 2.75) is 0 Å². The average Bonchev–Trinajstić information content (AvgIpc) is 2.42. The molecule has 0 radical (unpaired) electrons. The maximum atomic E-state index is 13.1. The lowest BCUT2D eigenvalue weighted by Gasteiger charge is -2.08. The zero-order valence-corrected chi connectivity index (χ0v) is 10.7. The molecule has 7 heteroatoms. The minimum absolute atomic E-state index is 0.103. The smallest absolute Gasteiger partial charge is 0.292 e. The molecule has 0 bridgehead atoms. The van der Waals surface area contributed by atoms with Crippen LogP contribution in [0.4, 0.5) is 21.5 Å². The van der Waals surface area contributed by atoms with E-state index in [9.17, 15) is 14.5 Å². The molecule has 0 aromatic heterocycles. The number of benzene rings is 2. The summed E-state index contributed by atoms with van der Waals surface area (Å²) in [6.07, 6.45) is 0. The topological polar surface area (TPSA) is 79.0 Å². The summed E-state index contributed by atoms with van der Waals surface area (Å²) >= 11 is 5.64. The van der Waals surface area contributed by atoms with Gasteiger partial charge in [-0.15, -0.1) is 0 Å². The molecule has 0 aliphatic carbocycles. The van der Waals surface area contributed by atoms with E-state index in [-0.39, 0.29) is 22.0 Å². The molecule has 1 N–H and O–H groups in total. The summed E-state index contributed by atoms with van der Waals surface area (Å²) in [5.74, 6) is -0.586. The summed E-state index contributed by atoms with van der Waals surface area (Å²) in [6.45, 7) is 0. The Bertz CT molecular complexity index is 728. The number of rotatable bonds is 3. The van der Waals surface area contributed by atoms with Crippen LogP contribution < -0.4 is 5.32 Å². The molecule has 0 heterocycles. The third-order valence-corrected chi connectivity index (χ3v) is 2.81. The Balaban J connectivity index is 2.43. The van der Waals surface area contributed by atoms with E-state index >= 15 is 0 Å². The summed E-state index contributed by atoms with van der Waals surface area (Å²) in [5.41, 5.74) is 0.599. The van der Waals surface area contributed by atoms with Gasteiger partial charge in [0.1, 0.15) is 11.5 Å². The van der Waals surface area contributed by atoms with Crippen molar-refractivity contribution in [2.24, 2.45) is 0 Å². The van der Waals surface area contributed by atoms with Crippen LogP contribution in [-0.4, -0.2) is 4.92 Å². The van der Waals surface area contributed by atoms with Crippen LogP contribution in [0.5, 0.6) is 0 Å². The molecule has 0 aliphatic rings. The molecule has 20 heavy (non-hydrogen) atoms. The SMILES string of the molecule is N#Cc1ccc([N+](=O)[O-])c(Nc2ccc(F)c(Cl)c2)c1. The summed E-state index contributed by atoms with van der Waals surface area (Å²) in [6, 6.07) is 9.65. The van der Waals surface area contributed by atoms with Crippen molar-refractivity contribution in [3.05, 3.63) is 62.9 Å². The molecule has 0 atom stereocenters. The number of nitriles is 1. The van der Waals surface area contributed by atoms with Crippen LogP contribution in [0.25, 0.3) is 0 Å². The lowest BCUT2D eigenvalue weighted by molar-refractivity contribution is -0.383. The lowest BCUT2D eigenvalue weighted by atomic mass is 10.2. The van der Waals surface area contributed by atoms with Gasteiger partial charge in [0.25, 0.3) is 5.69 Å². The molecule has 0 saturated carbocycles. The predicted molar refractivity (Wildman–Crippen MR) is 72.5 cm³/mol. The molecule has 0 amide bonds. The highest BCUT2D eigenvalue weighted by molar-refractivity contribution is 6.31. The second-order valence-electron chi connectivity index (χ2n) is 3.85. The molecule has 0 fully saturated rings. The molecule has 2 aromatic rings. The monoisotopic (exact) mass is 291 g/mol. The Morgan fingerprint density at radius 3 is 2.65 bits per heavy atom. The van der Waals surface area contributed by atoms with Gasteiger partial charge >= 0.3 is 0 Å². The van der Waals surface area contributed by atoms with Crippen molar-refractivity contribution >= 4 is 28.7 Å². The molecule has 2 aromatic carbocycles. The quantitative estimate of drug-likeness (QED) is 0.684. The lowest BCUT2D eigenvalue weighted by Crippen LogP contribution is -1.98. The van der Waals surface area contributed by atoms with Crippen LogP contribution in [0.15, 0.2) is 36.4 Å². The van der Waals surface area contributed by atoms with Crippen molar-refractivity contribution in [3.63, 3.8) is 0 Å². The number of halogens is 2. The molecular weight excluding hydrogens is 285 g/mol. The fourth-order valence-electron chi connectivity index (χ4n) is 1.59. The number of nitrogens with one attached hydrogen (secondary N) is 1.